The summed E-state index contributed by atoms with van der Waals surface area (Å²) < 4.78 is 5.33. The van der Waals surface area contributed by atoms with Gasteiger partial charge in [0.1, 0.15) is 0 Å². The first kappa shape index (κ1) is 14.9. The highest BCUT2D eigenvalue weighted by atomic mass is 35.5. The molecule has 0 radical (unpaired) electrons. The summed E-state index contributed by atoms with van der Waals surface area (Å²) in [6.45, 7) is 8.10. The summed E-state index contributed by atoms with van der Waals surface area (Å²) in [5.74, 6) is 1.55. The van der Waals surface area contributed by atoms with E-state index in [0.29, 0.717) is 12.5 Å². The quantitative estimate of drug-likeness (QED) is 0.433. The van der Waals surface area contributed by atoms with Crippen LogP contribution < -0.4 is 0 Å². The van der Waals surface area contributed by atoms with E-state index in [-0.39, 0.29) is 5.41 Å². The second-order valence-corrected chi connectivity index (χ2v) is 6.47. The summed E-state index contributed by atoms with van der Waals surface area (Å²) in [4.78, 5) is 1.30. The third kappa shape index (κ3) is 5.80. The number of rotatable bonds is 6. The number of hydrogen-bond acceptors (Lipinski definition) is 2. The Balaban J connectivity index is 2.36. The highest BCUT2D eigenvalue weighted by Crippen LogP contribution is 2.25. The van der Waals surface area contributed by atoms with Crippen LogP contribution in [0.5, 0.6) is 0 Å². The minimum absolute atomic E-state index is 0.229. The van der Waals surface area contributed by atoms with Crippen LogP contribution >= 0.6 is 23.4 Å². The van der Waals surface area contributed by atoms with Crippen molar-refractivity contribution in [1.29, 1.82) is 0 Å². The molecule has 0 aliphatic heterocycles. The normalized spacial score (nSPS) is 11.8. The Morgan fingerprint density at radius 1 is 1.12 bits per heavy atom. The predicted molar refractivity (Wildman–Crippen MR) is 77.4 cm³/mol. The Morgan fingerprint density at radius 3 is 2.29 bits per heavy atom. The highest BCUT2D eigenvalue weighted by Gasteiger charge is 2.12. The monoisotopic (exact) mass is 272 g/mol. The zero-order valence-electron chi connectivity index (χ0n) is 10.8. The Morgan fingerprint density at radius 2 is 1.76 bits per heavy atom. The number of alkyl halides is 1. The van der Waals surface area contributed by atoms with Gasteiger partial charge >= 0.3 is 0 Å². The zero-order chi connectivity index (χ0) is 12.7. The van der Waals surface area contributed by atoms with Crippen molar-refractivity contribution in [3.8, 4) is 0 Å². The molecular weight excluding hydrogens is 252 g/mol. The number of halogens is 1. The third-order valence-electron chi connectivity index (χ3n) is 2.44. The minimum atomic E-state index is 0.229. The Labute approximate surface area is 114 Å². The van der Waals surface area contributed by atoms with Crippen LogP contribution in [0.25, 0.3) is 0 Å². The average Bonchev–Trinajstić information content (AvgIpc) is 2.28. The topological polar surface area (TPSA) is 9.23 Å². The second kappa shape index (κ2) is 7.30. The van der Waals surface area contributed by atoms with Crippen LogP contribution in [0, 0.1) is 0 Å². The molecule has 0 bridgehead atoms. The second-order valence-electron chi connectivity index (χ2n) is 4.92. The molecule has 1 aromatic rings. The van der Waals surface area contributed by atoms with Gasteiger partial charge in [0.2, 0.25) is 0 Å². The van der Waals surface area contributed by atoms with Crippen molar-refractivity contribution in [3.05, 3.63) is 29.8 Å². The standard InChI is InChI=1S/C14H21ClOS/c1-14(2,3)12-4-6-13(7-5-12)17-11-10-16-9-8-15/h4-7H,8-11H2,1-3H3. The maximum atomic E-state index is 5.53. The molecule has 0 atom stereocenters. The van der Waals surface area contributed by atoms with E-state index >= 15 is 0 Å². The largest absolute Gasteiger partial charge is 0.379 e. The van der Waals surface area contributed by atoms with Crippen molar-refractivity contribution < 1.29 is 4.74 Å². The van der Waals surface area contributed by atoms with Crippen LogP contribution in [-0.4, -0.2) is 24.8 Å². The third-order valence-corrected chi connectivity index (χ3v) is 3.57. The fourth-order valence-electron chi connectivity index (χ4n) is 1.43. The van der Waals surface area contributed by atoms with Gasteiger partial charge in [-0.2, -0.15) is 0 Å². The molecule has 0 N–H and O–H groups in total. The van der Waals surface area contributed by atoms with E-state index in [9.17, 15) is 0 Å². The van der Waals surface area contributed by atoms with E-state index in [1.807, 2.05) is 11.8 Å². The van der Waals surface area contributed by atoms with Crippen LogP contribution in [0.4, 0.5) is 0 Å². The van der Waals surface area contributed by atoms with Crippen molar-refractivity contribution in [3.63, 3.8) is 0 Å². The van der Waals surface area contributed by atoms with Crippen molar-refractivity contribution in [2.75, 3.05) is 24.8 Å². The molecule has 0 spiro atoms. The summed E-state index contributed by atoms with van der Waals surface area (Å²) in [5, 5.41) is 0. The zero-order valence-corrected chi connectivity index (χ0v) is 12.4. The molecular formula is C14H21ClOS. The van der Waals surface area contributed by atoms with E-state index in [4.69, 9.17) is 16.3 Å². The fraction of sp³-hybridized carbons (Fsp3) is 0.571. The summed E-state index contributed by atoms with van der Waals surface area (Å²) in [6, 6.07) is 8.80. The average molecular weight is 273 g/mol. The molecule has 1 nitrogen and oxygen atoms in total. The van der Waals surface area contributed by atoms with Gasteiger partial charge in [0, 0.05) is 16.5 Å². The molecule has 0 unspecified atom stereocenters. The summed E-state index contributed by atoms with van der Waals surface area (Å²) in [6.07, 6.45) is 0. The highest BCUT2D eigenvalue weighted by molar-refractivity contribution is 7.99. The molecule has 0 saturated heterocycles. The molecule has 1 aromatic carbocycles. The van der Waals surface area contributed by atoms with Gasteiger partial charge in [-0.15, -0.1) is 23.4 Å². The van der Waals surface area contributed by atoms with Gasteiger partial charge in [-0.3, -0.25) is 0 Å². The summed E-state index contributed by atoms with van der Waals surface area (Å²) in [7, 11) is 0. The van der Waals surface area contributed by atoms with Crippen molar-refractivity contribution >= 4 is 23.4 Å². The molecule has 1 rings (SSSR count). The summed E-state index contributed by atoms with van der Waals surface area (Å²) in [5.41, 5.74) is 1.60. The maximum absolute atomic E-state index is 5.53. The SMILES string of the molecule is CC(C)(C)c1ccc(SCCOCCCl)cc1. The first-order valence-corrected chi connectivity index (χ1v) is 7.43. The van der Waals surface area contributed by atoms with Gasteiger partial charge in [0.25, 0.3) is 0 Å². The summed E-state index contributed by atoms with van der Waals surface area (Å²) >= 11 is 7.35. The molecule has 17 heavy (non-hydrogen) atoms. The molecule has 0 amide bonds. The molecule has 0 aliphatic carbocycles. The van der Waals surface area contributed by atoms with Gasteiger partial charge in [0.05, 0.1) is 13.2 Å². The van der Waals surface area contributed by atoms with Gasteiger partial charge in [-0.1, -0.05) is 32.9 Å². The Hall–Kier alpha value is -0.180. The fourth-order valence-corrected chi connectivity index (χ4v) is 2.30. The first-order valence-electron chi connectivity index (χ1n) is 5.91. The number of benzene rings is 1. The minimum Gasteiger partial charge on any atom is -0.379 e. The molecule has 3 heteroatoms. The Kier molecular flexibility index (Phi) is 6.39. The van der Waals surface area contributed by atoms with E-state index < -0.39 is 0 Å². The van der Waals surface area contributed by atoms with Crippen molar-refractivity contribution in [2.24, 2.45) is 0 Å². The van der Waals surface area contributed by atoms with Gasteiger partial charge in [-0.05, 0) is 23.1 Å². The molecule has 0 heterocycles. The van der Waals surface area contributed by atoms with Crippen LogP contribution in [0.2, 0.25) is 0 Å². The van der Waals surface area contributed by atoms with E-state index in [0.717, 1.165) is 12.4 Å². The van der Waals surface area contributed by atoms with Crippen LogP contribution in [0.15, 0.2) is 29.2 Å². The van der Waals surface area contributed by atoms with Gasteiger partial charge in [-0.25, -0.2) is 0 Å². The lowest BCUT2D eigenvalue weighted by atomic mass is 9.87. The van der Waals surface area contributed by atoms with Crippen LogP contribution in [0.1, 0.15) is 26.3 Å². The van der Waals surface area contributed by atoms with E-state index in [2.05, 4.69) is 45.0 Å². The van der Waals surface area contributed by atoms with Crippen molar-refractivity contribution in [1.82, 2.24) is 0 Å². The van der Waals surface area contributed by atoms with Gasteiger partial charge in [0.15, 0.2) is 0 Å². The van der Waals surface area contributed by atoms with Crippen molar-refractivity contribution in [2.45, 2.75) is 31.1 Å². The number of ether oxygens (including phenoxy) is 1. The molecule has 96 valence electrons. The van der Waals surface area contributed by atoms with E-state index in [1.165, 1.54) is 10.5 Å². The van der Waals surface area contributed by atoms with E-state index in [1.54, 1.807) is 0 Å². The molecule has 0 aliphatic rings. The number of thioether (sulfide) groups is 1. The lowest BCUT2D eigenvalue weighted by molar-refractivity contribution is 0.166. The predicted octanol–water partition coefficient (Wildman–Crippen LogP) is 4.33. The van der Waals surface area contributed by atoms with Crippen LogP contribution in [0.3, 0.4) is 0 Å². The lowest BCUT2D eigenvalue weighted by Crippen LogP contribution is -2.10. The van der Waals surface area contributed by atoms with Gasteiger partial charge < -0.3 is 4.74 Å². The number of hydrogen-bond donors (Lipinski definition) is 0. The molecule has 0 saturated carbocycles. The first-order chi connectivity index (χ1) is 8.04. The molecule has 0 aromatic heterocycles. The Bertz CT molecular complexity index is 316. The smallest absolute Gasteiger partial charge is 0.0602 e. The lowest BCUT2D eigenvalue weighted by Gasteiger charge is -2.19. The van der Waals surface area contributed by atoms with Crippen LogP contribution in [-0.2, 0) is 10.2 Å². The maximum Gasteiger partial charge on any atom is 0.0602 e. The molecule has 0 fully saturated rings.